The number of aliphatic hydroxyl groups is 4. The molecule has 3 rings (SSSR count). The predicted molar refractivity (Wildman–Crippen MR) is 122 cm³/mol. The SMILES string of the molecule is COc1ccc(C(=O)C(=O)c2cc(OC)c(OC)c(O[C@@H]3O[C@H](CO)[C@@H](O)[C@H](O)[C@H]3O)c2)cc1OC. The number of ether oxygens (including phenoxy) is 6. The van der Waals surface area contributed by atoms with Crippen LogP contribution in [0.3, 0.4) is 0 Å². The second-order valence-electron chi connectivity index (χ2n) is 7.75. The number of carbonyl (C=O) groups excluding carboxylic acids is 2. The van der Waals surface area contributed by atoms with Gasteiger partial charge >= 0.3 is 0 Å². The van der Waals surface area contributed by atoms with E-state index in [9.17, 15) is 30.0 Å². The second-order valence-corrected chi connectivity index (χ2v) is 7.75. The summed E-state index contributed by atoms with van der Waals surface area (Å²) in [7, 11) is 5.43. The van der Waals surface area contributed by atoms with Gasteiger partial charge in [0.15, 0.2) is 23.0 Å². The predicted octanol–water partition coefficient (Wildman–Crippen LogP) is -0.0347. The summed E-state index contributed by atoms with van der Waals surface area (Å²) in [5.74, 6) is -1.26. The van der Waals surface area contributed by atoms with Crippen molar-refractivity contribution in [1.29, 1.82) is 0 Å². The number of hydrogen-bond donors (Lipinski definition) is 4. The number of rotatable bonds is 10. The molecule has 1 fully saturated rings. The first kappa shape index (κ1) is 27.2. The standard InChI is InChI=1S/C24H28O12/c1-31-13-6-5-11(7-14(13)32-2)18(26)19(27)12-8-15(33-3)23(34-4)16(9-12)35-24-22(30)21(29)20(28)17(10-25)36-24/h5-9,17,20-22,24-25,28-30H,10H2,1-4H3/t17-,20-,21+,22-,24-/m1/s1. The molecule has 0 aromatic heterocycles. The highest BCUT2D eigenvalue weighted by Crippen LogP contribution is 2.40. The molecule has 5 atom stereocenters. The van der Waals surface area contributed by atoms with Crippen LogP contribution in [0.5, 0.6) is 28.7 Å². The number of aliphatic hydroxyl groups excluding tert-OH is 4. The van der Waals surface area contributed by atoms with E-state index in [0.29, 0.717) is 5.75 Å². The van der Waals surface area contributed by atoms with Gasteiger partial charge in [0.25, 0.3) is 0 Å². The van der Waals surface area contributed by atoms with E-state index in [0.717, 1.165) is 0 Å². The molecule has 0 saturated carbocycles. The third-order valence-corrected chi connectivity index (χ3v) is 5.65. The average molecular weight is 508 g/mol. The molecule has 0 spiro atoms. The lowest BCUT2D eigenvalue weighted by atomic mass is 9.99. The highest BCUT2D eigenvalue weighted by molar-refractivity contribution is 6.49. The van der Waals surface area contributed by atoms with Crippen LogP contribution in [0.4, 0.5) is 0 Å². The van der Waals surface area contributed by atoms with Crippen molar-refractivity contribution >= 4 is 11.6 Å². The van der Waals surface area contributed by atoms with Crippen molar-refractivity contribution in [1.82, 2.24) is 0 Å². The fraction of sp³-hybridized carbons (Fsp3) is 0.417. The van der Waals surface area contributed by atoms with Gasteiger partial charge in [-0.05, 0) is 30.3 Å². The van der Waals surface area contributed by atoms with Crippen molar-refractivity contribution in [3.05, 3.63) is 41.5 Å². The minimum Gasteiger partial charge on any atom is -0.493 e. The summed E-state index contributed by atoms with van der Waals surface area (Å²) in [6.45, 7) is -0.663. The molecular weight excluding hydrogens is 480 g/mol. The molecule has 12 heteroatoms. The van der Waals surface area contributed by atoms with Crippen LogP contribution in [0.25, 0.3) is 0 Å². The third-order valence-electron chi connectivity index (χ3n) is 5.65. The summed E-state index contributed by atoms with van der Waals surface area (Å²) in [5.41, 5.74) is -0.0872. The highest BCUT2D eigenvalue weighted by atomic mass is 16.7. The van der Waals surface area contributed by atoms with Gasteiger partial charge in [-0.2, -0.15) is 0 Å². The molecule has 36 heavy (non-hydrogen) atoms. The van der Waals surface area contributed by atoms with Crippen LogP contribution in [0.15, 0.2) is 30.3 Å². The Balaban J connectivity index is 1.97. The molecule has 0 amide bonds. The van der Waals surface area contributed by atoms with E-state index in [1.165, 1.54) is 58.8 Å². The average Bonchev–Trinajstić information content (AvgIpc) is 2.91. The minimum absolute atomic E-state index is 0.00424. The molecule has 12 nitrogen and oxygen atoms in total. The maximum Gasteiger partial charge on any atom is 0.233 e. The first-order valence-electron chi connectivity index (χ1n) is 10.7. The fourth-order valence-electron chi connectivity index (χ4n) is 3.68. The number of carbonyl (C=O) groups is 2. The van der Waals surface area contributed by atoms with Crippen molar-refractivity contribution in [2.45, 2.75) is 30.7 Å². The van der Waals surface area contributed by atoms with Gasteiger partial charge in [0.2, 0.25) is 23.6 Å². The van der Waals surface area contributed by atoms with Gasteiger partial charge in [-0.1, -0.05) is 0 Å². The third kappa shape index (κ3) is 5.22. The van der Waals surface area contributed by atoms with Crippen LogP contribution in [0, 0.1) is 0 Å². The van der Waals surface area contributed by atoms with Crippen LogP contribution >= 0.6 is 0 Å². The molecule has 196 valence electrons. The van der Waals surface area contributed by atoms with Crippen molar-refractivity contribution in [2.75, 3.05) is 35.0 Å². The normalized spacial score (nSPS) is 23.5. The summed E-state index contributed by atoms with van der Waals surface area (Å²) in [5, 5.41) is 39.8. The van der Waals surface area contributed by atoms with Crippen molar-refractivity contribution in [2.24, 2.45) is 0 Å². The summed E-state index contributed by atoms with van der Waals surface area (Å²) >= 11 is 0. The Morgan fingerprint density at radius 3 is 1.92 bits per heavy atom. The zero-order valence-electron chi connectivity index (χ0n) is 20.0. The minimum atomic E-state index is -1.72. The van der Waals surface area contributed by atoms with E-state index in [2.05, 4.69) is 0 Å². The Labute approximate surface area is 206 Å². The van der Waals surface area contributed by atoms with Gasteiger partial charge in [-0.15, -0.1) is 0 Å². The molecular formula is C24H28O12. The molecule has 0 bridgehead atoms. The first-order chi connectivity index (χ1) is 17.2. The van der Waals surface area contributed by atoms with Crippen LogP contribution in [-0.4, -0.2) is 97.7 Å². The zero-order valence-corrected chi connectivity index (χ0v) is 20.0. The topological polar surface area (TPSA) is 170 Å². The molecule has 2 aromatic carbocycles. The van der Waals surface area contributed by atoms with E-state index in [1.54, 1.807) is 0 Å². The van der Waals surface area contributed by atoms with Gasteiger partial charge in [-0.25, -0.2) is 0 Å². The fourth-order valence-corrected chi connectivity index (χ4v) is 3.68. The number of ketones is 2. The van der Waals surface area contributed by atoms with E-state index < -0.39 is 48.9 Å². The summed E-state index contributed by atoms with van der Waals surface area (Å²) in [6.07, 6.45) is -7.78. The lowest BCUT2D eigenvalue weighted by Gasteiger charge is -2.39. The number of Topliss-reactive ketones (excluding diaryl/α,β-unsaturated/α-hetero) is 2. The Morgan fingerprint density at radius 1 is 0.750 bits per heavy atom. The maximum atomic E-state index is 13.1. The molecule has 4 N–H and O–H groups in total. The van der Waals surface area contributed by atoms with Gasteiger partial charge in [-0.3, -0.25) is 9.59 Å². The molecule has 0 radical (unpaired) electrons. The zero-order chi connectivity index (χ0) is 26.6. The van der Waals surface area contributed by atoms with Crippen LogP contribution in [0.2, 0.25) is 0 Å². The number of benzene rings is 2. The smallest absolute Gasteiger partial charge is 0.233 e. The van der Waals surface area contributed by atoms with Crippen molar-refractivity contribution in [3.8, 4) is 28.7 Å². The Bertz CT molecular complexity index is 1100. The van der Waals surface area contributed by atoms with Gasteiger partial charge in [0.1, 0.15) is 24.4 Å². The van der Waals surface area contributed by atoms with Crippen LogP contribution in [-0.2, 0) is 4.74 Å². The van der Waals surface area contributed by atoms with E-state index in [-0.39, 0.29) is 34.1 Å². The molecule has 1 saturated heterocycles. The molecule has 0 aliphatic carbocycles. The van der Waals surface area contributed by atoms with Crippen LogP contribution < -0.4 is 23.7 Å². The molecule has 1 aliphatic heterocycles. The van der Waals surface area contributed by atoms with Gasteiger partial charge in [0, 0.05) is 11.1 Å². The van der Waals surface area contributed by atoms with E-state index in [1.807, 2.05) is 0 Å². The summed E-state index contributed by atoms with van der Waals surface area (Å²) < 4.78 is 32.0. The molecule has 1 heterocycles. The number of hydrogen-bond acceptors (Lipinski definition) is 12. The van der Waals surface area contributed by atoms with E-state index >= 15 is 0 Å². The highest BCUT2D eigenvalue weighted by Gasteiger charge is 2.45. The molecule has 0 unspecified atom stereocenters. The van der Waals surface area contributed by atoms with Crippen molar-refractivity contribution in [3.63, 3.8) is 0 Å². The first-order valence-corrected chi connectivity index (χ1v) is 10.7. The largest absolute Gasteiger partial charge is 0.493 e. The van der Waals surface area contributed by atoms with Crippen LogP contribution in [0.1, 0.15) is 20.7 Å². The summed E-state index contributed by atoms with van der Waals surface area (Å²) in [4.78, 5) is 26.1. The lowest BCUT2D eigenvalue weighted by Crippen LogP contribution is -2.60. The lowest BCUT2D eigenvalue weighted by molar-refractivity contribution is -0.277. The summed E-state index contributed by atoms with van der Waals surface area (Å²) in [6, 6.07) is 6.73. The van der Waals surface area contributed by atoms with E-state index in [4.69, 9.17) is 28.4 Å². The van der Waals surface area contributed by atoms with Gasteiger partial charge < -0.3 is 48.8 Å². The Morgan fingerprint density at radius 2 is 1.33 bits per heavy atom. The Hall–Kier alpha value is -3.42. The maximum absolute atomic E-state index is 13.1. The number of methoxy groups -OCH3 is 4. The van der Waals surface area contributed by atoms with Gasteiger partial charge in [0.05, 0.1) is 35.0 Å². The second kappa shape index (κ2) is 11.5. The monoisotopic (exact) mass is 508 g/mol. The molecule has 1 aliphatic rings. The Kier molecular flexibility index (Phi) is 8.71. The van der Waals surface area contributed by atoms with Crippen molar-refractivity contribution < 1.29 is 58.4 Å². The molecule has 2 aromatic rings. The quantitative estimate of drug-likeness (QED) is 0.250.